The average Bonchev–Trinajstić information content (AvgIpc) is 2.35. The third kappa shape index (κ3) is 2.81. The molecule has 2 nitrogen and oxygen atoms in total. The molecule has 0 saturated heterocycles. The maximum Gasteiger partial charge on any atom is 0.128 e. The molecule has 1 heterocycles. The number of nitrogens with zero attached hydrogens (tertiary/aromatic N) is 2. The van der Waals surface area contributed by atoms with E-state index in [1.54, 1.807) is 25.3 Å². The zero-order chi connectivity index (χ0) is 12.3. The normalized spacial score (nSPS) is 10.3. The lowest BCUT2D eigenvalue weighted by Crippen LogP contribution is -2.17. The molecular formula is C14H15FN2. The summed E-state index contributed by atoms with van der Waals surface area (Å²) in [6, 6.07) is 11.1. The van der Waals surface area contributed by atoms with Crippen LogP contribution in [-0.2, 0) is 6.54 Å². The van der Waals surface area contributed by atoms with Crippen LogP contribution in [0.15, 0.2) is 42.6 Å². The monoisotopic (exact) mass is 230 g/mol. The van der Waals surface area contributed by atoms with Gasteiger partial charge in [0.1, 0.15) is 11.6 Å². The van der Waals surface area contributed by atoms with Crippen LogP contribution in [0, 0.1) is 12.7 Å². The third-order valence-corrected chi connectivity index (χ3v) is 2.70. The van der Waals surface area contributed by atoms with Crippen LogP contribution in [0.4, 0.5) is 10.2 Å². The summed E-state index contributed by atoms with van der Waals surface area (Å²) in [5.74, 6) is 0.727. The van der Waals surface area contributed by atoms with Crippen LogP contribution in [-0.4, -0.2) is 12.0 Å². The smallest absolute Gasteiger partial charge is 0.128 e. The Morgan fingerprint density at radius 3 is 2.71 bits per heavy atom. The predicted octanol–water partition coefficient (Wildman–Crippen LogP) is 3.17. The fourth-order valence-electron chi connectivity index (χ4n) is 1.67. The zero-order valence-corrected chi connectivity index (χ0v) is 10.0. The van der Waals surface area contributed by atoms with E-state index in [0.29, 0.717) is 12.1 Å². The highest BCUT2D eigenvalue weighted by Gasteiger charge is 2.04. The molecule has 1 aromatic carbocycles. The summed E-state index contributed by atoms with van der Waals surface area (Å²) in [6.07, 6.45) is 1.75. The van der Waals surface area contributed by atoms with Crippen LogP contribution in [0.25, 0.3) is 0 Å². The first-order valence-electron chi connectivity index (χ1n) is 5.54. The van der Waals surface area contributed by atoms with Crippen molar-refractivity contribution in [3.63, 3.8) is 0 Å². The molecule has 17 heavy (non-hydrogen) atoms. The Labute approximate surface area is 101 Å². The maximum absolute atomic E-state index is 13.4. The van der Waals surface area contributed by atoms with Gasteiger partial charge >= 0.3 is 0 Å². The first-order valence-corrected chi connectivity index (χ1v) is 5.54. The number of hydrogen-bond donors (Lipinski definition) is 0. The van der Waals surface area contributed by atoms with Gasteiger partial charge in [-0.3, -0.25) is 0 Å². The molecule has 0 fully saturated rings. The van der Waals surface area contributed by atoms with Gasteiger partial charge in [0.2, 0.25) is 0 Å². The van der Waals surface area contributed by atoms with Crippen molar-refractivity contribution in [1.29, 1.82) is 0 Å². The van der Waals surface area contributed by atoms with Gasteiger partial charge in [-0.25, -0.2) is 9.37 Å². The van der Waals surface area contributed by atoms with Gasteiger partial charge in [-0.15, -0.1) is 0 Å². The zero-order valence-electron chi connectivity index (χ0n) is 10.0. The number of halogens is 1. The van der Waals surface area contributed by atoms with Gasteiger partial charge in [0.25, 0.3) is 0 Å². The quantitative estimate of drug-likeness (QED) is 0.805. The number of anilines is 1. The first kappa shape index (κ1) is 11.6. The summed E-state index contributed by atoms with van der Waals surface area (Å²) in [7, 11) is 1.94. The molecule has 0 unspecified atom stereocenters. The summed E-state index contributed by atoms with van der Waals surface area (Å²) >= 11 is 0. The van der Waals surface area contributed by atoms with E-state index in [2.05, 4.69) is 4.98 Å². The van der Waals surface area contributed by atoms with Gasteiger partial charge in [-0.1, -0.05) is 18.2 Å². The summed E-state index contributed by atoms with van der Waals surface area (Å²) in [5, 5.41) is 0. The second-order valence-corrected chi connectivity index (χ2v) is 4.13. The molecule has 1 aromatic heterocycles. The van der Waals surface area contributed by atoms with E-state index < -0.39 is 0 Å². The van der Waals surface area contributed by atoms with Crippen molar-refractivity contribution in [2.24, 2.45) is 0 Å². The van der Waals surface area contributed by atoms with E-state index in [9.17, 15) is 4.39 Å². The Bertz CT molecular complexity index is 497. The molecule has 0 bridgehead atoms. The summed E-state index contributed by atoms with van der Waals surface area (Å²) < 4.78 is 13.4. The molecule has 0 spiro atoms. The molecule has 0 amide bonds. The Kier molecular flexibility index (Phi) is 3.38. The fourth-order valence-corrected chi connectivity index (χ4v) is 1.67. The summed E-state index contributed by atoms with van der Waals surface area (Å²) in [6.45, 7) is 2.41. The standard InChI is InChI=1S/C14H15FN2/c1-11-6-7-12(9-13(11)15)10-17(2)14-5-3-4-8-16-14/h3-9H,10H2,1-2H3. The highest BCUT2D eigenvalue weighted by atomic mass is 19.1. The van der Waals surface area contributed by atoms with Gasteiger partial charge in [0.15, 0.2) is 0 Å². The first-order chi connectivity index (χ1) is 8.16. The fraction of sp³-hybridized carbons (Fsp3) is 0.214. The van der Waals surface area contributed by atoms with Crippen molar-refractivity contribution in [2.45, 2.75) is 13.5 Å². The van der Waals surface area contributed by atoms with E-state index in [4.69, 9.17) is 0 Å². The molecule has 2 aromatic rings. The highest BCUT2D eigenvalue weighted by molar-refractivity contribution is 5.38. The van der Waals surface area contributed by atoms with Gasteiger partial charge in [-0.05, 0) is 36.2 Å². The van der Waals surface area contributed by atoms with Crippen LogP contribution >= 0.6 is 0 Å². The SMILES string of the molecule is Cc1ccc(CN(C)c2ccccn2)cc1F. The van der Waals surface area contributed by atoms with Crippen LogP contribution in [0.3, 0.4) is 0 Å². The Balaban J connectivity index is 2.13. The topological polar surface area (TPSA) is 16.1 Å². The lowest BCUT2D eigenvalue weighted by atomic mass is 10.1. The van der Waals surface area contributed by atoms with Crippen LogP contribution in [0.2, 0.25) is 0 Å². The van der Waals surface area contributed by atoms with E-state index in [-0.39, 0.29) is 5.82 Å². The van der Waals surface area contributed by atoms with Crippen molar-refractivity contribution in [3.05, 3.63) is 59.5 Å². The molecule has 0 aliphatic rings. The van der Waals surface area contributed by atoms with E-state index in [1.165, 1.54) is 0 Å². The molecule has 0 atom stereocenters. The van der Waals surface area contributed by atoms with E-state index in [1.807, 2.05) is 36.2 Å². The lowest BCUT2D eigenvalue weighted by Gasteiger charge is -2.18. The second-order valence-electron chi connectivity index (χ2n) is 4.13. The lowest BCUT2D eigenvalue weighted by molar-refractivity contribution is 0.615. The maximum atomic E-state index is 13.4. The van der Waals surface area contributed by atoms with Crippen molar-refractivity contribution in [3.8, 4) is 0 Å². The molecule has 0 saturated carbocycles. The van der Waals surface area contributed by atoms with Gasteiger partial charge in [0.05, 0.1) is 0 Å². The molecule has 3 heteroatoms. The molecule has 88 valence electrons. The van der Waals surface area contributed by atoms with Gasteiger partial charge < -0.3 is 4.90 Å². The molecule has 0 N–H and O–H groups in total. The van der Waals surface area contributed by atoms with Crippen LogP contribution in [0.1, 0.15) is 11.1 Å². The number of aromatic nitrogens is 1. The van der Waals surface area contributed by atoms with Crippen molar-refractivity contribution >= 4 is 5.82 Å². The number of rotatable bonds is 3. The molecule has 0 aliphatic carbocycles. The Hall–Kier alpha value is -1.90. The molecule has 0 radical (unpaired) electrons. The Morgan fingerprint density at radius 2 is 2.06 bits per heavy atom. The third-order valence-electron chi connectivity index (χ3n) is 2.70. The van der Waals surface area contributed by atoms with E-state index in [0.717, 1.165) is 11.4 Å². The predicted molar refractivity (Wildman–Crippen MR) is 67.5 cm³/mol. The highest BCUT2D eigenvalue weighted by Crippen LogP contribution is 2.14. The van der Waals surface area contributed by atoms with Crippen molar-refractivity contribution in [1.82, 2.24) is 4.98 Å². The second kappa shape index (κ2) is 4.95. The largest absolute Gasteiger partial charge is 0.355 e. The minimum absolute atomic E-state index is 0.156. The number of aryl methyl sites for hydroxylation is 1. The van der Waals surface area contributed by atoms with Crippen molar-refractivity contribution < 1.29 is 4.39 Å². The number of hydrogen-bond acceptors (Lipinski definition) is 2. The Morgan fingerprint density at radius 1 is 1.24 bits per heavy atom. The number of pyridine rings is 1. The van der Waals surface area contributed by atoms with Crippen LogP contribution < -0.4 is 4.90 Å². The van der Waals surface area contributed by atoms with E-state index >= 15 is 0 Å². The molecule has 0 aliphatic heterocycles. The van der Waals surface area contributed by atoms with Crippen LogP contribution in [0.5, 0.6) is 0 Å². The average molecular weight is 230 g/mol. The minimum atomic E-state index is -0.156. The minimum Gasteiger partial charge on any atom is -0.355 e. The number of benzene rings is 1. The van der Waals surface area contributed by atoms with Crippen molar-refractivity contribution in [2.75, 3.05) is 11.9 Å². The summed E-state index contributed by atoms with van der Waals surface area (Å²) in [5.41, 5.74) is 1.62. The summed E-state index contributed by atoms with van der Waals surface area (Å²) in [4.78, 5) is 6.24. The van der Waals surface area contributed by atoms with Gasteiger partial charge in [-0.2, -0.15) is 0 Å². The molecular weight excluding hydrogens is 215 g/mol. The molecule has 2 rings (SSSR count). The van der Waals surface area contributed by atoms with Gasteiger partial charge in [0, 0.05) is 19.8 Å².